The molecule has 1 saturated heterocycles. The van der Waals surface area contributed by atoms with E-state index in [9.17, 15) is 4.79 Å². The quantitative estimate of drug-likeness (QED) is 0.831. The van der Waals surface area contributed by atoms with Gasteiger partial charge in [-0.05, 0) is 25.9 Å². The van der Waals surface area contributed by atoms with Crippen molar-refractivity contribution in [2.45, 2.75) is 33.0 Å². The van der Waals surface area contributed by atoms with Gasteiger partial charge in [-0.15, -0.1) is 0 Å². The summed E-state index contributed by atoms with van der Waals surface area (Å²) >= 11 is 0. The van der Waals surface area contributed by atoms with Gasteiger partial charge in [0.1, 0.15) is 12.2 Å². The first kappa shape index (κ1) is 15.6. The maximum atomic E-state index is 12.0. The van der Waals surface area contributed by atoms with E-state index in [2.05, 4.69) is 10.1 Å². The second kappa shape index (κ2) is 6.30. The van der Waals surface area contributed by atoms with E-state index in [-0.39, 0.29) is 6.09 Å². The maximum Gasteiger partial charge on any atom is 0.410 e. The lowest BCUT2D eigenvalue weighted by Crippen LogP contribution is -2.50. The van der Waals surface area contributed by atoms with E-state index in [1.807, 2.05) is 25.7 Å². The SMILES string of the molecule is COCc1nc(N2CCN(C(=O)OC(C)(C)C)CC2)no1. The number of carbonyl (C=O) groups is 1. The molecule has 2 heterocycles. The van der Waals surface area contributed by atoms with Gasteiger partial charge in [0.25, 0.3) is 11.8 Å². The predicted octanol–water partition coefficient (Wildman–Crippen LogP) is 1.27. The first-order chi connectivity index (χ1) is 9.89. The predicted molar refractivity (Wildman–Crippen MR) is 75.0 cm³/mol. The van der Waals surface area contributed by atoms with Crippen molar-refractivity contribution in [3.63, 3.8) is 0 Å². The molecule has 8 heteroatoms. The highest BCUT2D eigenvalue weighted by Crippen LogP contribution is 2.15. The molecule has 1 amide bonds. The molecule has 0 radical (unpaired) electrons. The van der Waals surface area contributed by atoms with Crippen LogP contribution in [0.15, 0.2) is 4.52 Å². The van der Waals surface area contributed by atoms with E-state index >= 15 is 0 Å². The Balaban J connectivity index is 1.86. The molecule has 0 N–H and O–H groups in total. The van der Waals surface area contributed by atoms with Crippen LogP contribution in [0.4, 0.5) is 10.7 Å². The summed E-state index contributed by atoms with van der Waals surface area (Å²) in [4.78, 5) is 19.9. The first-order valence-electron chi connectivity index (χ1n) is 6.93. The standard InChI is InChI=1S/C13H22N4O4/c1-13(2,3)20-12(18)17-7-5-16(6-8-17)11-14-10(9-19-4)21-15-11/h5-9H2,1-4H3. The van der Waals surface area contributed by atoms with Gasteiger partial charge in [-0.25, -0.2) is 4.79 Å². The fourth-order valence-electron chi connectivity index (χ4n) is 1.97. The number of amides is 1. The Morgan fingerprint density at radius 2 is 1.95 bits per heavy atom. The third kappa shape index (κ3) is 4.32. The molecule has 1 aromatic rings. The molecular formula is C13H22N4O4. The van der Waals surface area contributed by atoms with Crippen LogP contribution in [0.25, 0.3) is 0 Å². The summed E-state index contributed by atoms with van der Waals surface area (Å²) in [7, 11) is 1.57. The monoisotopic (exact) mass is 298 g/mol. The summed E-state index contributed by atoms with van der Waals surface area (Å²) in [5.74, 6) is 0.980. The Morgan fingerprint density at radius 1 is 1.29 bits per heavy atom. The minimum absolute atomic E-state index is 0.282. The lowest BCUT2D eigenvalue weighted by Gasteiger charge is -2.34. The number of aromatic nitrogens is 2. The highest BCUT2D eigenvalue weighted by atomic mass is 16.6. The Bertz CT molecular complexity index is 475. The van der Waals surface area contributed by atoms with Crippen molar-refractivity contribution in [2.24, 2.45) is 0 Å². The van der Waals surface area contributed by atoms with Crippen LogP contribution < -0.4 is 4.90 Å². The topological polar surface area (TPSA) is 80.9 Å². The number of methoxy groups -OCH3 is 1. The van der Waals surface area contributed by atoms with Crippen molar-refractivity contribution in [1.82, 2.24) is 15.0 Å². The lowest BCUT2D eigenvalue weighted by atomic mass is 10.2. The number of ether oxygens (including phenoxy) is 2. The van der Waals surface area contributed by atoms with Gasteiger partial charge in [-0.3, -0.25) is 0 Å². The van der Waals surface area contributed by atoms with Crippen molar-refractivity contribution in [3.05, 3.63) is 5.89 Å². The van der Waals surface area contributed by atoms with Crippen molar-refractivity contribution < 1.29 is 18.8 Å². The summed E-state index contributed by atoms with van der Waals surface area (Å²) in [6, 6.07) is 0. The van der Waals surface area contributed by atoms with Crippen LogP contribution in [0, 0.1) is 0 Å². The van der Waals surface area contributed by atoms with E-state index in [0.29, 0.717) is 44.6 Å². The van der Waals surface area contributed by atoms with Gasteiger partial charge in [-0.1, -0.05) is 0 Å². The molecular weight excluding hydrogens is 276 g/mol. The number of piperazine rings is 1. The maximum absolute atomic E-state index is 12.0. The van der Waals surface area contributed by atoms with Gasteiger partial charge >= 0.3 is 6.09 Å². The van der Waals surface area contributed by atoms with Crippen LogP contribution >= 0.6 is 0 Å². The zero-order valence-electron chi connectivity index (χ0n) is 13.0. The fourth-order valence-corrected chi connectivity index (χ4v) is 1.97. The van der Waals surface area contributed by atoms with E-state index in [1.54, 1.807) is 12.0 Å². The van der Waals surface area contributed by atoms with Gasteiger partial charge in [0, 0.05) is 33.3 Å². The van der Waals surface area contributed by atoms with Crippen molar-refractivity contribution in [2.75, 3.05) is 38.2 Å². The second-order valence-corrected chi connectivity index (χ2v) is 5.88. The number of nitrogens with zero attached hydrogens (tertiary/aromatic N) is 4. The first-order valence-corrected chi connectivity index (χ1v) is 6.93. The Labute approximate surface area is 124 Å². The molecule has 8 nitrogen and oxygen atoms in total. The van der Waals surface area contributed by atoms with E-state index in [0.717, 1.165) is 0 Å². The average molecular weight is 298 g/mol. The molecule has 0 unspecified atom stereocenters. The molecule has 1 aliphatic rings. The van der Waals surface area contributed by atoms with Gasteiger partial charge in [0.05, 0.1) is 0 Å². The van der Waals surface area contributed by atoms with Crippen LogP contribution in [0.3, 0.4) is 0 Å². The number of anilines is 1. The third-order valence-corrected chi connectivity index (χ3v) is 2.94. The Kier molecular flexibility index (Phi) is 4.66. The summed E-state index contributed by atoms with van der Waals surface area (Å²) in [6.07, 6.45) is -0.282. The number of hydrogen-bond acceptors (Lipinski definition) is 7. The summed E-state index contributed by atoms with van der Waals surface area (Å²) in [5, 5.41) is 3.91. The molecule has 21 heavy (non-hydrogen) atoms. The van der Waals surface area contributed by atoms with Gasteiger partial charge in [-0.2, -0.15) is 4.98 Å². The Hall–Kier alpha value is -1.83. The van der Waals surface area contributed by atoms with E-state index in [4.69, 9.17) is 14.0 Å². The summed E-state index contributed by atoms with van der Waals surface area (Å²) in [6.45, 7) is 8.31. The molecule has 0 spiro atoms. The van der Waals surface area contributed by atoms with Crippen LogP contribution in [-0.2, 0) is 16.1 Å². The van der Waals surface area contributed by atoms with Crippen LogP contribution in [0.1, 0.15) is 26.7 Å². The number of rotatable bonds is 3. The summed E-state index contributed by atoms with van der Waals surface area (Å²) in [5.41, 5.74) is -0.475. The zero-order chi connectivity index (χ0) is 15.5. The van der Waals surface area contributed by atoms with Crippen molar-refractivity contribution >= 4 is 12.0 Å². The molecule has 1 aromatic heterocycles. The minimum atomic E-state index is -0.475. The van der Waals surface area contributed by atoms with Crippen LogP contribution in [0.2, 0.25) is 0 Å². The highest BCUT2D eigenvalue weighted by molar-refractivity contribution is 5.68. The van der Waals surface area contributed by atoms with Gasteiger partial charge in [0.15, 0.2) is 0 Å². The number of carbonyl (C=O) groups excluding carboxylic acids is 1. The minimum Gasteiger partial charge on any atom is -0.444 e. The second-order valence-electron chi connectivity index (χ2n) is 5.88. The lowest BCUT2D eigenvalue weighted by molar-refractivity contribution is 0.0240. The van der Waals surface area contributed by atoms with Crippen LogP contribution in [0.5, 0.6) is 0 Å². The smallest absolute Gasteiger partial charge is 0.410 e. The van der Waals surface area contributed by atoms with Crippen molar-refractivity contribution in [1.29, 1.82) is 0 Å². The molecule has 0 atom stereocenters. The average Bonchev–Trinajstić information content (AvgIpc) is 2.86. The molecule has 1 fully saturated rings. The van der Waals surface area contributed by atoms with E-state index < -0.39 is 5.60 Å². The molecule has 0 saturated carbocycles. The van der Waals surface area contributed by atoms with E-state index in [1.165, 1.54) is 0 Å². The molecule has 0 aromatic carbocycles. The summed E-state index contributed by atoms with van der Waals surface area (Å²) < 4.78 is 15.4. The normalized spacial score (nSPS) is 16.2. The zero-order valence-corrected chi connectivity index (χ0v) is 13.0. The number of hydrogen-bond donors (Lipinski definition) is 0. The van der Waals surface area contributed by atoms with Gasteiger partial charge < -0.3 is 23.8 Å². The van der Waals surface area contributed by atoms with Crippen molar-refractivity contribution in [3.8, 4) is 0 Å². The molecule has 0 aliphatic carbocycles. The Morgan fingerprint density at radius 3 is 2.52 bits per heavy atom. The third-order valence-electron chi connectivity index (χ3n) is 2.94. The van der Waals surface area contributed by atoms with Gasteiger partial charge in [0.2, 0.25) is 0 Å². The molecule has 1 aliphatic heterocycles. The molecule has 0 bridgehead atoms. The van der Waals surface area contributed by atoms with Crippen LogP contribution in [-0.4, -0.2) is 60.0 Å². The molecule has 118 valence electrons. The fraction of sp³-hybridized carbons (Fsp3) is 0.769. The highest BCUT2D eigenvalue weighted by Gasteiger charge is 2.27. The molecule has 2 rings (SSSR count). The largest absolute Gasteiger partial charge is 0.444 e.